The summed E-state index contributed by atoms with van der Waals surface area (Å²) in [6, 6.07) is 19.5. The zero-order valence-electron chi connectivity index (χ0n) is 15.2. The van der Waals surface area contributed by atoms with Crippen LogP contribution in [0.4, 0.5) is 0 Å². The van der Waals surface area contributed by atoms with Crippen LogP contribution in [-0.4, -0.2) is 22.8 Å². The molecule has 0 aliphatic heterocycles. The molecule has 4 nitrogen and oxygen atoms in total. The molecule has 0 aromatic heterocycles. The summed E-state index contributed by atoms with van der Waals surface area (Å²) < 4.78 is 5.28. The third-order valence-corrected chi connectivity index (χ3v) is 4.26. The highest BCUT2D eigenvalue weighted by Gasteiger charge is 2.09. The average molecular weight is 362 g/mol. The highest BCUT2D eigenvalue weighted by atomic mass is 16.5. The Kier molecular flexibility index (Phi) is 5.77. The molecular formula is C23H22O4. The molecular weight excluding hydrogens is 340 g/mol. The predicted octanol–water partition coefficient (Wildman–Crippen LogP) is 5.39. The smallest absolute Gasteiger partial charge is 0.338 e. The first-order valence-electron chi connectivity index (χ1n) is 8.98. The van der Waals surface area contributed by atoms with Crippen LogP contribution >= 0.6 is 0 Å². The van der Waals surface area contributed by atoms with Gasteiger partial charge >= 0.3 is 5.97 Å². The molecule has 0 unspecified atom stereocenters. The van der Waals surface area contributed by atoms with Crippen molar-refractivity contribution in [1.82, 2.24) is 0 Å². The van der Waals surface area contributed by atoms with E-state index in [-0.39, 0.29) is 17.5 Å². The lowest BCUT2D eigenvalue weighted by Gasteiger charge is -2.09. The number of benzene rings is 3. The van der Waals surface area contributed by atoms with Gasteiger partial charge in [0.1, 0.15) is 11.5 Å². The largest absolute Gasteiger partial charge is 0.508 e. The minimum absolute atomic E-state index is 0.00669. The van der Waals surface area contributed by atoms with Gasteiger partial charge in [0.15, 0.2) is 0 Å². The molecule has 3 aromatic rings. The lowest BCUT2D eigenvalue weighted by Crippen LogP contribution is -2.06. The Labute approximate surface area is 158 Å². The van der Waals surface area contributed by atoms with E-state index in [0.717, 1.165) is 29.5 Å². The summed E-state index contributed by atoms with van der Waals surface area (Å²) in [7, 11) is 0. The van der Waals surface area contributed by atoms with Crippen LogP contribution in [-0.2, 0) is 4.74 Å². The Bertz CT molecular complexity index is 926. The first-order chi connectivity index (χ1) is 13.1. The van der Waals surface area contributed by atoms with Crippen LogP contribution in [0.25, 0.3) is 22.3 Å². The maximum atomic E-state index is 12.2. The van der Waals surface area contributed by atoms with E-state index in [2.05, 4.69) is 0 Å². The van der Waals surface area contributed by atoms with Crippen molar-refractivity contribution >= 4 is 5.97 Å². The number of rotatable bonds is 6. The monoisotopic (exact) mass is 362 g/mol. The minimum atomic E-state index is -0.320. The van der Waals surface area contributed by atoms with Gasteiger partial charge in [-0.2, -0.15) is 0 Å². The lowest BCUT2D eigenvalue weighted by atomic mass is 9.98. The molecule has 4 heteroatoms. The van der Waals surface area contributed by atoms with E-state index in [0.29, 0.717) is 17.7 Å². The average Bonchev–Trinajstić information content (AvgIpc) is 2.67. The van der Waals surface area contributed by atoms with Crippen LogP contribution < -0.4 is 0 Å². The molecule has 0 amide bonds. The molecule has 0 bridgehead atoms. The van der Waals surface area contributed by atoms with E-state index in [1.54, 1.807) is 18.2 Å². The van der Waals surface area contributed by atoms with Crippen molar-refractivity contribution in [2.75, 3.05) is 6.61 Å². The van der Waals surface area contributed by atoms with Gasteiger partial charge in [0.2, 0.25) is 0 Å². The molecule has 3 aromatic carbocycles. The number of hydrogen-bond acceptors (Lipinski definition) is 4. The third-order valence-electron chi connectivity index (χ3n) is 4.26. The van der Waals surface area contributed by atoms with E-state index < -0.39 is 0 Å². The number of esters is 1. The van der Waals surface area contributed by atoms with Crippen LogP contribution in [0.5, 0.6) is 11.5 Å². The fraction of sp³-hybridized carbons (Fsp3) is 0.174. The van der Waals surface area contributed by atoms with Gasteiger partial charge in [-0.05, 0) is 59.0 Å². The van der Waals surface area contributed by atoms with E-state index in [9.17, 15) is 15.0 Å². The van der Waals surface area contributed by atoms with Crippen molar-refractivity contribution < 1.29 is 19.7 Å². The third kappa shape index (κ3) is 4.67. The number of phenols is 2. The van der Waals surface area contributed by atoms with Crippen molar-refractivity contribution in [2.45, 2.75) is 19.8 Å². The Hall–Kier alpha value is -3.27. The maximum absolute atomic E-state index is 12.2. The first kappa shape index (κ1) is 18.5. The molecule has 0 saturated heterocycles. The fourth-order valence-corrected chi connectivity index (χ4v) is 2.86. The SMILES string of the molecule is CCCCOC(=O)c1cccc(-c2cccc(-c3cc(O)cc(O)c3)c2)c1. The second-order valence-corrected chi connectivity index (χ2v) is 6.39. The summed E-state index contributed by atoms with van der Waals surface area (Å²) in [6.45, 7) is 2.48. The van der Waals surface area contributed by atoms with Crippen molar-refractivity contribution in [3.8, 4) is 33.8 Å². The second-order valence-electron chi connectivity index (χ2n) is 6.39. The summed E-state index contributed by atoms with van der Waals surface area (Å²) in [4.78, 5) is 12.2. The van der Waals surface area contributed by atoms with E-state index in [4.69, 9.17) is 4.74 Å². The molecule has 0 aliphatic carbocycles. The molecule has 0 atom stereocenters. The summed E-state index contributed by atoms with van der Waals surface area (Å²) in [5.41, 5.74) is 3.91. The topological polar surface area (TPSA) is 66.8 Å². The van der Waals surface area contributed by atoms with E-state index in [1.807, 2.05) is 49.4 Å². The Morgan fingerprint density at radius 1 is 0.815 bits per heavy atom. The van der Waals surface area contributed by atoms with Crippen LogP contribution in [0, 0.1) is 0 Å². The van der Waals surface area contributed by atoms with Gasteiger partial charge in [-0.25, -0.2) is 4.79 Å². The molecule has 27 heavy (non-hydrogen) atoms. The van der Waals surface area contributed by atoms with Gasteiger partial charge in [0.05, 0.1) is 12.2 Å². The molecule has 2 N–H and O–H groups in total. The Balaban J connectivity index is 1.89. The quantitative estimate of drug-likeness (QED) is 0.456. The summed E-state index contributed by atoms with van der Waals surface area (Å²) in [5, 5.41) is 19.4. The van der Waals surface area contributed by atoms with Gasteiger partial charge in [-0.3, -0.25) is 0 Å². The zero-order valence-corrected chi connectivity index (χ0v) is 15.2. The second kappa shape index (κ2) is 8.41. The van der Waals surface area contributed by atoms with Crippen LogP contribution in [0.2, 0.25) is 0 Å². The highest BCUT2D eigenvalue weighted by Crippen LogP contribution is 2.31. The molecule has 3 rings (SSSR count). The Morgan fingerprint density at radius 3 is 2.07 bits per heavy atom. The van der Waals surface area contributed by atoms with E-state index >= 15 is 0 Å². The van der Waals surface area contributed by atoms with Crippen molar-refractivity contribution in [2.24, 2.45) is 0 Å². The van der Waals surface area contributed by atoms with Gasteiger partial charge in [0.25, 0.3) is 0 Å². The summed E-state index contributed by atoms with van der Waals surface area (Å²) in [5.74, 6) is -0.307. The van der Waals surface area contributed by atoms with Gasteiger partial charge in [-0.15, -0.1) is 0 Å². The molecule has 138 valence electrons. The molecule has 0 heterocycles. The van der Waals surface area contributed by atoms with Gasteiger partial charge in [-0.1, -0.05) is 43.7 Å². The highest BCUT2D eigenvalue weighted by molar-refractivity contribution is 5.91. The predicted molar refractivity (Wildman–Crippen MR) is 106 cm³/mol. The lowest BCUT2D eigenvalue weighted by molar-refractivity contribution is 0.0500. The molecule has 0 saturated carbocycles. The number of unbranched alkanes of at least 4 members (excludes halogenated alkanes) is 1. The van der Waals surface area contributed by atoms with Gasteiger partial charge in [0, 0.05) is 6.07 Å². The van der Waals surface area contributed by atoms with Crippen molar-refractivity contribution in [3.05, 3.63) is 72.3 Å². The van der Waals surface area contributed by atoms with Crippen molar-refractivity contribution in [3.63, 3.8) is 0 Å². The molecule has 0 aliphatic rings. The minimum Gasteiger partial charge on any atom is -0.508 e. The number of aromatic hydroxyl groups is 2. The van der Waals surface area contributed by atoms with E-state index in [1.165, 1.54) is 6.07 Å². The van der Waals surface area contributed by atoms with Crippen LogP contribution in [0.3, 0.4) is 0 Å². The fourth-order valence-electron chi connectivity index (χ4n) is 2.86. The summed E-state index contributed by atoms with van der Waals surface area (Å²) >= 11 is 0. The number of hydrogen-bond donors (Lipinski definition) is 2. The number of carbonyl (C=O) groups is 1. The van der Waals surface area contributed by atoms with Gasteiger partial charge < -0.3 is 14.9 Å². The standard InChI is InChI=1S/C23H22O4/c1-2-3-10-27-23(26)19-9-5-7-17(12-19)16-6-4-8-18(11-16)20-13-21(24)15-22(25)14-20/h4-9,11-15,24-25H,2-3,10H2,1H3. The molecule has 0 radical (unpaired) electrons. The summed E-state index contributed by atoms with van der Waals surface area (Å²) in [6.07, 6.45) is 1.83. The molecule has 0 fully saturated rings. The number of ether oxygens (including phenoxy) is 1. The Morgan fingerprint density at radius 2 is 1.41 bits per heavy atom. The van der Waals surface area contributed by atoms with Crippen LogP contribution in [0.1, 0.15) is 30.1 Å². The number of carbonyl (C=O) groups excluding carboxylic acids is 1. The molecule has 0 spiro atoms. The van der Waals surface area contributed by atoms with Crippen LogP contribution in [0.15, 0.2) is 66.7 Å². The van der Waals surface area contributed by atoms with Crippen molar-refractivity contribution in [1.29, 1.82) is 0 Å². The zero-order chi connectivity index (χ0) is 19.2. The normalized spacial score (nSPS) is 10.6. The number of phenolic OH excluding ortho intramolecular Hbond substituents is 2. The maximum Gasteiger partial charge on any atom is 0.338 e. The first-order valence-corrected chi connectivity index (χ1v) is 8.98.